The minimum absolute atomic E-state index is 0.805. The molecule has 74 valence electrons. The molecular formula is C9H13N5. The van der Waals surface area contributed by atoms with Crippen molar-refractivity contribution < 1.29 is 0 Å². The summed E-state index contributed by atoms with van der Waals surface area (Å²) >= 11 is 0. The third-order valence-corrected chi connectivity index (χ3v) is 2.08. The Morgan fingerprint density at radius 3 is 2.79 bits per heavy atom. The monoisotopic (exact) mass is 191 g/mol. The van der Waals surface area contributed by atoms with E-state index < -0.39 is 0 Å². The number of rotatable bonds is 2. The van der Waals surface area contributed by atoms with Crippen LogP contribution < -0.4 is 5.32 Å². The second-order valence-electron chi connectivity index (χ2n) is 3.20. The Balaban J connectivity index is 2.42. The molecule has 2 heterocycles. The Labute approximate surface area is 82.2 Å². The lowest BCUT2D eigenvalue weighted by molar-refractivity contribution is 0.776. The highest BCUT2D eigenvalue weighted by atomic mass is 15.3. The Kier molecular flexibility index (Phi) is 1.99. The highest BCUT2D eigenvalue weighted by Gasteiger charge is 2.07. The average Bonchev–Trinajstić information content (AvgIpc) is 2.71. The number of hydrogen-bond acceptors (Lipinski definition) is 3. The zero-order chi connectivity index (χ0) is 10.1. The van der Waals surface area contributed by atoms with E-state index in [1.54, 1.807) is 10.9 Å². The number of H-pyrrole nitrogens is 1. The number of imidazole rings is 1. The maximum atomic E-state index is 4.33. The standard InChI is InChI=1S/C9H13N5/c1-6-5-11-9(12-6)7-4-8(10-2)14(3)13-7/h4-5,10H,1-3H3,(H,11,12). The van der Waals surface area contributed by atoms with Gasteiger partial charge in [-0.1, -0.05) is 0 Å². The van der Waals surface area contributed by atoms with E-state index >= 15 is 0 Å². The van der Waals surface area contributed by atoms with Crippen LogP contribution in [0.25, 0.3) is 11.5 Å². The summed E-state index contributed by atoms with van der Waals surface area (Å²) < 4.78 is 1.78. The van der Waals surface area contributed by atoms with Crippen LogP contribution in [0.2, 0.25) is 0 Å². The first-order chi connectivity index (χ1) is 6.70. The molecule has 0 amide bonds. The minimum Gasteiger partial charge on any atom is -0.373 e. The third kappa shape index (κ3) is 1.37. The van der Waals surface area contributed by atoms with E-state index in [2.05, 4.69) is 20.4 Å². The van der Waals surface area contributed by atoms with Gasteiger partial charge in [0.2, 0.25) is 0 Å². The van der Waals surface area contributed by atoms with Gasteiger partial charge in [-0.3, -0.25) is 4.68 Å². The van der Waals surface area contributed by atoms with Gasteiger partial charge in [-0.15, -0.1) is 0 Å². The van der Waals surface area contributed by atoms with Crippen molar-refractivity contribution in [1.29, 1.82) is 0 Å². The molecule has 2 N–H and O–H groups in total. The molecule has 2 rings (SSSR count). The molecule has 0 saturated carbocycles. The van der Waals surface area contributed by atoms with Crippen molar-refractivity contribution in [3.63, 3.8) is 0 Å². The lowest BCUT2D eigenvalue weighted by Gasteiger charge is -1.95. The second kappa shape index (κ2) is 3.17. The zero-order valence-electron chi connectivity index (χ0n) is 8.50. The number of aromatic amines is 1. The van der Waals surface area contributed by atoms with Gasteiger partial charge in [0.25, 0.3) is 0 Å². The van der Waals surface area contributed by atoms with Crippen molar-refractivity contribution in [3.8, 4) is 11.5 Å². The molecule has 5 nitrogen and oxygen atoms in total. The smallest absolute Gasteiger partial charge is 0.158 e. The molecule has 5 heteroatoms. The Bertz CT molecular complexity index is 440. The molecular weight excluding hydrogens is 178 g/mol. The summed E-state index contributed by atoms with van der Waals surface area (Å²) in [5, 5.41) is 7.38. The first kappa shape index (κ1) is 8.80. The predicted molar refractivity (Wildman–Crippen MR) is 55.1 cm³/mol. The van der Waals surface area contributed by atoms with Crippen LogP contribution in [0.3, 0.4) is 0 Å². The molecule has 0 atom stereocenters. The van der Waals surface area contributed by atoms with Crippen LogP contribution in [-0.4, -0.2) is 26.8 Å². The number of nitrogens with one attached hydrogen (secondary N) is 2. The van der Waals surface area contributed by atoms with Crippen LogP contribution in [0.15, 0.2) is 12.3 Å². The van der Waals surface area contributed by atoms with Gasteiger partial charge in [0, 0.05) is 32.1 Å². The highest BCUT2D eigenvalue weighted by molar-refractivity contribution is 5.55. The zero-order valence-corrected chi connectivity index (χ0v) is 8.50. The molecule has 2 aromatic heterocycles. The maximum absolute atomic E-state index is 4.33. The fourth-order valence-corrected chi connectivity index (χ4v) is 1.36. The largest absolute Gasteiger partial charge is 0.373 e. The van der Waals surface area contributed by atoms with Crippen LogP contribution in [0.4, 0.5) is 5.82 Å². The second-order valence-corrected chi connectivity index (χ2v) is 3.20. The quantitative estimate of drug-likeness (QED) is 0.748. The summed E-state index contributed by atoms with van der Waals surface area (Å²) in [6.45, 7) is 1.97. The summed E-state index contributed by atoms with van der Waals surface area (Å²) in [6.07, 6.45) is 1.79. The fourth-order valence-electron chi connectivity index (χ4n) is 1.36. The van der Waals surface area contributed by atoms with Gasteiger partial charge in [0.15, 0.2) is 5.82 Å². The SMILES string of the molecule is CNc1cc(-c2ncc(C)[nH]2)nn1C. The molecule has 0 aliphatic carbocycles. The normalized spacial score (nSPS) is 10.5. The molecule has 0 aliphatic heterocycles. The van der Waals surface area contributed by atoms with Gasteiger partial charge in [0.05, 0.1) is 0 Å². The van der Waals surface area contributed by atoms with E-state index in [0.717, 1.165) is 23.0 Å². The fraction of sp³-hybridized carbons (Fsp3) is 0.333. The number of anilines is 1. The van der Waals surface area contributed by atoms with E-state index in [1.807, 2.05) is 27.1 Å². The lowest BCUT2D eigenvalue weighted by Crippen LogP contribution is -1.97. The van der Waals surface area contributed by atoms with Crippen LogP contribution in [0.1, 0.15) is 5.69 Å². The molecule has 0 unspecified atom stereocenters. The first-order valence-electron chi connectivity index (χ1n) is 4.44. The summed E-state index contributed by atoms with van der Waals surface area (Å²) in [7, 11) is 3.76. The summed E-state index contributed by atoms with van der Waals surface area (Å²) in [5.74, 6) is 1.77. The lowest BCUT2D eigenvalue weighted by atomic mass is 10.4. The van der Waals surface area contributed by atoms with Gasteiger partial charge in [-0.25, -0.2) is 4.98 Å². The van der Waals surface area contributed by atoms with Crippen LogP contribution in [0.5, 0.6) is 0 Å². The number of aryl methyl sites for hydroxylation is 2. The molecule has 0 radical (unpaired) electrons. The Morgan fingerprint density at radius 1 is 1.50 bits per heavy atom. The summed E-state index contributed by atoms with van der Waals surface area (Å²) in [5.41, 5.74) is 1.89. The summed E-state index contributed by atoms with van der Waals surface area (Å²) in [4.78, 5) is 7.36. The number of aromatic nitrogens is 4. The van der Waals surface area contributed by atoms with Crippen LogP contribution in [0, 0.1) is 6.92 Å². The van der Waals surface area contributed by atoms with E-state index in [1.165, 1.54) is 0 Å². The molecule has 0 aliphatic rings. The molecule has 14 heavy (non-hydrogen) atoms. The van der Waals surface area contributed by atoms with E-state index in [9.17, 15) is 0 Å². The number of hydrogen-bond donors (Lipinski definition) is 2. The average molecular weight is 191 g/mol. The Morgan fingerprint density at radius 2 is 2.29 bits per heavy atom. The van der Waals surface area contributed by atoms with Gasteiger partial charge >= 0.3 is 0 Å². The van der Waals surface area contributed by atoms with Crippen molar-refractivity contribution in [3.05, 3.63) is 18.0 Å². The topological polar surface area (TPSA) is 58.5 Å². The van der Waals surface area contributed by atoms with Crippen molar-refractivity contribution in [2.75, 3.05) is 12.4 Å². The van der Waals surface area contributed by atoms with Crippen molar-refractivity contribution in [1.82, 2.24) is 19.7 Å². The molecule has 0 fully saturated rings. The molecule has 0 spiro atoms. The number of nitrogens with zero attached hydrogens (tertiary/aromatic N) is 3. The van der Waals surface area contributed by atoms with Crippen molar-refractivity contribution in [2.24, 2.45) is 7.05 Å². The van der Waals surface area contributed by atoms with Crippen molar-refractivity contribution in [2.45, 2.75) is 6.92 Å². The van der Waals surface area contributed by atoms with E-state index in [4.69, 9.17) is 0 Å². The van der Waals surface area contributed by atoms with Gasteiger partial charge in [0.1, 0.15) is 11.5 Å². The van der Waals surface area contributed by atoms with Gasteiger partial charge < -0.3 is 10.3 Å². The van der Waals surface area contributed by atoms with Gasteiger partial charge in [-0.2, -0.15) is 5.10 Å². The van der Waals surface area contributed by atoms with Crippen LogP contribution in [-0.2, 0) is 7.05 Å². The third-order valence-electron chi connectivity index (χ3n) is 2.08. The predicted octanol–water partition coefficient (Wildman–Crippen LogP) is 1.16. The van der Waals surface area contributed by atoms with Crippen LogP contribution >= 0.6 is 0 Å². The highest BCUT2D eigenvalue weighted by Crippen LogP contribution is 2.17. The van der Waals surface area contributed by atoms with Crippen molar-refractivity contribution >= 4 is 5.82 Å². The molecule has 0 bridgehead atoms. The molecule has 0 saturated heterocycles. The molecule has 2 aromatic rings. The molecule has 0 aromatic carbocycles. The van der Waals surface area contributed by atoms with Gasteiger partial charge in [-0.05, 0) is 6.92 Å². The van der Waals surface area contributed by atoms with E-state index in [-0.39, 0.29) is 0 Å². The minimum atomic E-state index is 0.805. The van der Waals surface area contributed by atoms with E-state index in [0.29, 0.717) is 0 Å². The summed E-state index contributed by atoms with van der Waals surface area (Å²) in [6, 6.07) is 1.96. The first-order valence-corrected chi connectivity index (χ1v) is 4.44. The maximum Gasteiger partial charge on any atom is 0.158 e. The Hall–Kier alpha value is -1.78.